The first-order chi connectivity index (χ1) is 7.81. The van der Waals surface area contributed by atoms with Crippen LogP contribution >= 0.6 is 24.0 Å². The zero-order valence-electron chi connectivity index (χ0n) is 10.3. The predicted molar refractivity (Wildman–Crippen MR) is 83.9 cm³/mol. The Bertz CT molecular complexity index is 508. The number of sulfone groups is 1. The van der Waals surface area contributed by atoms with Gasteiger partial charge in [0.1, 0.15) is 0 Å². The molecule has 5 nitrogen and oxygen atoms in total. The number of aryl methyl sites for hydroxylation is 1. The lowest BCUT2D eigenvalue weighted by atomic mass is 10.2. The number of guanidine groups is 1. The molecule has 0 bridgehead atoms. The van der Waals surface area contributed by atoms with E-state index < -0.39 is 15.9 Å². The molecule has 0 aliphatic rings. The highest BCUT2D eigenvalue weighted by Crippen LogP contribution is 2.13. The molecule has 0 aromatic heterocycles. The summed E-state index contributed by atoms with van der Waals surface area (Å²) in [5.74, 6) is -0.204. The first kappa shape index (κ1) is 17.2. The van der Waals surface area contributed by atoms with E-state index in [-0.39, 0.29) is 35.7 Å². The highest BCUT2D eigenvalue weighted by molar-refractivity contribution is 14.0. The molecule has 102 valence electrons. The minimum atomic E-state index is -3.34. The van der Waals surface area contributed by atoms with E-state index in [1.54, 1.807) is 31.2 Å². The van der Waals surface area contributed by atoms with Gasteiger partial charge in [-0.2, -0.15) is 0 Å². The van der Waals surface area contributed by atoms with E-state index >= 15 is 0 Å². The van der Waals surface area contributed by atoms with Crippen LogP contribution in [0, 0.1) is 6.92 Å². The van der Waals surface area contributed by atoms with E-state index in [9.17, 15) is 8.42 Å². The second-order valence-electron chi connectivity index (χ2n) is 4.00. The van der Waals surface area contributed by atoms with Crippen molar-refractivity contribution < 1.29 is 8.42 Å². The molecule has 0 fully saturated rings. The number of halogens is 1. The van der Waals surface area contributed by atoms with Crippen molar-refractivity contribution in [2.45, 2.75) is 24.8 Å². The fourth-order valence-corrected chi connectivity index (χ4v) is 2.90. The minimum absolute atomic E-state index is 0. The van der Waals surface area contributed by atoms with Crippen LogP contribution in [0.1, 0.15) is 12.5 Å². The molecule has 0 saturated heterocycles. The number of aliphatic imine (C=N–C) groups is 1. The van der Waals surface area contributed by atoms with E-state index in [0.717, 1.165) is 5.56 Å². The number of hydrogen-bond donors (Lipinski definition) is 2. The van der Waals surface area contributed by atoms with Crippen molar-refractivity contribution in [3.05, 3.63) is 29.8 Å². The molecule has 0 saturated carbocycles. The van der Waals surface area contributed by atoms with Crippen molar-refractivity contribution in [2.24, 2.45) is 16.5 Å². The Kier molecular flexibility index (Phi) is 6.61. The van der Waals surface area contributed by atoms with E-state index in [0.29, 0.717) is 4.90 Å². The summed E-state index contributed by atoms with van der Waals surface area (Å²) in [4.78, 5) is 4.09. The van der Waals surface area contributed by atoms with Gasteiger partial charge in [-0.3, -0.25) is 0 Å². The number of nitrogens with zero attached hydrogens (tertiary/aromatic N) is 1. The van der Waals surface area contributed by atoms with Crippen LogP contribution in [0.25, 0.3) is 0 Å². The van der Waals surface area contributed by atoms with Gasteiger partial charge in [-0.15, -0.1) is 24.0 Å². The lowest BCUT2D eigenvalue weighted by Crippen LogP contribution is -2.27. The molecule has 0 heterocycles. The molecule has 1 unspecified atom stereocenters. The Morgan fingerprint density at radius 1 is 1.28 bits per heavy atom. The molecular formula is C11H18IN3O2S. The summed E-state index contributed by atoms with van der Waals surface area (Å²) in [5, 5.41) is 0. The molecule has 0 spiro atoms. The maximum atomic E-state index is 12.0. The zero-order chi connectivity index (χ0) is 13.1. The molecule has 0 amide bonds. The first-order valence-corrected chi connectivity index (χ1v) is 6.84. The SMILES string of the molecule is Cc1ccc(S(=O)(=O)CC(C)N=C(N)N)cc1.I. The van der Waals surface area contributed by atoms with Gasteiger partial charge in [0.15, 0.2) is 15.8 Å². The third kappa shape index (κ3) is 5.21. The van der Waals surface area contributed by atoms with Gasteiger partial charge in [0.2, 0.25) is 0 Å². The van der Waals surface area contributed by atoms with Crippen LogP contribution in [-0.2, 0) is 9.84 Å². The fourth-order valence-electron chi connectivity index (χ4n) is 1.45. The van der Waals surface area contributed by atoms with Gasteiger partial charge in [0.05, 0.1) is 16.7 Å². The fraction of sp³-hybridized carbons (Fsp3) is 0.364. The van der Waals surface area contributed by atoms with Crippen molar-refractivity contribution in [2.75, 3.05) is 5.75 Å². The monoisotopic (exact) mass is 383 g/mol. The topological polar surface area (TPSA) is 98.5 Å². The normalized spacial score (nSPS) is 12.3. The molecule has 7 heteroatoms. The van der Waals surface area contributed by atoms with E-state index in [1.807, 2.05) is 6.92 Å². The third-order valence-corrected chi connectivity index (χ3v) is 4.12. The van der Waals surface area contributed by atoms with Crippen LogP contribution in [0.2, 0.25) is 0 Å². The first-order valence-electron chi connectivity index (χ1n) is 5.19. The van der Waals surface area contributed by atoms with Crippen molar-refractivity contribution in [3.8, 4) is 0 Å². The van der Waals surface area contributed by atoms with Crippen LogP contribution < -0.4 is 11.5 Å². The zero-order valence-corrected chi connectivity index (χ0v) is 13.5. The Hall–Kier alpha value is -0.830. The quantitative estimate of drug-likeness (QED) is 0.461. The highest BCUT2D eigenvalue weighted by atomic mass is 127. The summed E-state index contributed by atoms with van der Waals surface area (Å²) in [6.07, 6.45) is 0. The van der Waals surface area contributed by atoms with Crippen LogP contribution in [0.4, 0.5) is 0 Å². The Balaban J connectivity index is 0.00000289. The van der Waals surface area contributed by atoms with Crippen molar-refractivity contribution >= 4 is 39.8 Å². The van der Waals surface area contributed by atoms with Gasteiger partial charge in [-0.25, -0.2) is 13.4 Å². The standard InChI is InChI=1S/C11H17N3O2S.HI/c1-8-3-5-10(6-4-8)17(15,16)7-9(2)14-11(12)13;/h3-6,9H,7H2,1-2H3,(H4,12,13,14);1H. The second kappa shape index (κ2) is 6.93. The highest BCUT2D eigenvalue weighted by Gasteiger charge is 2.17. The van der Waals surface area contributed by atoms with Crippen molar-refractivity contribution in [1.29, 1.82) is 0 Å². The molecule has 1 rings (SSSR count). The van der Waals surface area contributed by atoms with Gasteiger partial charge in [0.25, 0.3) is 0 Å². The second-order valence-corrected chi connectivity index (χ2v) is 6.03. The summed E-state index contributed by atoms with van der Waals surface area (Å²) in [6.45, 7) is 3.56. The smallest absolute Gasteiger partial charge is 0.186 e. The number of hydrogen-bond acceptors (Lipinski definition) is 3. The molecule has 0 aliphatic carbocycles. The van der Waals surface area contributed by atoms with E-state index in [1.165, 1.54) is 0 Å². The lowest BCUT2D eigenvalue weighted by Gasteiger charge is -2.08. The molecule has 1 aromatic rings. The molecule has 0 radical (unpaired) electrons. The van der Waals surface area contributed by atoms with Gasteiger partial charge < -0.3 is 11.5 Å². The Morgan fingerprint density at radius 2 is 1.78 bits per heavy atom. The van der Waals surface area contributed by atoms with E-state index in [4.69, 9.17) is 11.5 Å². The largest absolute Gasteiger partial charge is 0.370 e. The number of nitrogens with two attached hydrogens (primary N) is 2. The summed E-state index contributed by atoms with van der Waals surface area (Å²) < 4.78 is 24.0. The lowest BCUT2D eigenvalue weighted by molar-refractivity contribution is 0.590. The maximum Gasteiger partial charge on any atom is 0.186 e. The number of rotatable bonds is 4. The van der Waals surface area contributed by atoms with Gasteiger partial charge in [-0.1, -0.05) is 17.7 Å². The van der Waals surface area contributed by atoms with Gasteiger partial charge in [-0.05, 0) is 26.0 Å². The maximum absolute atomic E-state index is 12.0. The summed E-state index contributed by atoms with van der Waals surface area (Å²) >= 11 is 0. The molecular weight excluding hydrogens is 365 g/mol. The van der Waals surface area contributed by atoms with Crippen LogP contribution in [-0.4, -0.2) is 26.2 Å². The molecule has 18 heavy (non-hydrogen) atoms. The summed E-state index contributed by atoms with van der Waals surface area (Å²) in [6, 6.07) is 6.25. The van der Waals surface area contributed by atoms with Crippen LogP contribution in [0.3, 0.4) is 0 Å². The molecule has 4 N–H and O–H groups in total. The van der Waals surface area contributed by atoms with Gasteiger partial charge in [0, 0.05) is 0 Å². The van der Waals surface area contributed by atoms with Gasteiger partial charge >= 0.3 is 0 Å². The minimum Gasteiger partial charge on any atom is -0.370 e. The predicted octanol–water partition coefficient (Wildman–Crippen LogP) is 1.05. The number of benzene rings is 1. The summed E-state index contributed by atoms with van der Waals surface area (Å²) in [5.41, 5.74) is 11.4. The third-order valence-electron chi connectivity index (χ3n) is 2.21. The van der Waals surface area contributed by atoms with Crippen molar-refractivity contribution in [3.63, 3.8) is 0 Å². The summed E-state index contributed by atoms with van der Waals surface area (Å²) in [7, 11) is -3.34. The molecule has 1 atom stereocenters. The Morgan fingerprint density at radius 3 is 2.22 bits per heavy atom. The average molecular weight is 383 g/mol. The van der Waals surface area contributed by atoms with E-state index in [2.05, 4.69) is 4.99 Å². The molecule has 1 aromatic carbocycles. The Labute approximate surface area is 125 Å². The van der Waals surface area contributed by atoms with Crippen LogP contribution in [0.15, 0.2) is 34.2 Å². The molecule has 0 aliphatic heterocycles. The van der Waals surface area contributed by atoms with Crippen molar-refractivity contribution in [1.82, 2.24) is 0 Å². The average Bonchev–Trinajstić information content (AvgIpc) is 2.15. The van der Waals surface area contributed by atoms with Crippen LogP contribution in [0.5, 0.6) is 0 Å².